The number of hydrogen-bond acceptors (Lipinski definition) is 2. The molecule has 0 radical (unpaired) electrons. The molecule has 78 valence electrons. The normalized spacial score (nSPS) is 12.8. The lowest BCUT2D eigenvalue weighted by Crippen LogP contribution is -2.21. The Labute approximate surface area is 91.3 Å². The molecule has 2 heteroatoms. The number of benzene rings is 1. The van der Waals surface area contributed by atoms with E-state index in [1.807, 2.05) is 11.8 Å². The average molecular weight is 209 g/mol. The monoisotopic (exact) mass is 209 g/mol. The molecule has 1 aromatic rings. The Kier molecular flexibility index (Phi) is 5.05. The molecule has 0 spiro atoms. The Bertz CT molecular complexity index is 256. The first-order valence-corrected chi connectivity index (χ1v) is 6.30. The molecule has 0 aliphatic carbocycles. The molecular formula is C12H19NS. The van der Waals surface area contributed by atoms with Crippen molar-refractivity contribution in [2.75, 3.05) is 12.8 Å². The molecule has 0 amide bonds. The van der Waals surface area contributed by atoms with Gasteiger partial charge in [0.05, 0.1) is 0 Å². The fourth-order valence-electron chi connectivity index (χ4n) is 1.21. The molecule has 0 aromatic heterocycles. The second-order valence-electron chi connectivity index (χ2n) is 3.66. The lowest BCUT2D eigenvalue weighted by Gasteiger charge is -2.09. The van der Waals surface area contributed by atoms with Gasteiger partial charge in [0.15, 0.2) is 0 Å². The zero-order chi connectivity index (χ0) is 10.4. The highest BCUT2D eigenvalue weighted by Crippen LogP contribution is 2.05. The topological polar surface area (TPSA) is 12.0 Å². The number of thioether (sulfide) groups is 1. The van der Waals surface area contributed by atoms with E-state index in [4.69, 9.17) is 0 Å². The molecule has 14 heavy (non-hydrogen) atoms. The maximum absolute atomic E-state index is 3.45. The first-order chi connectivity index (χ1) is 6.72. The van der Waals surface area contributed by atoms with Crippen LogP contribution in [0.4, 0.5) is 0 Å². The molecule has 0 heterocycles. The Balaban J connectivity index is 2.28. The minimum Gasteiger partial charge on any atom is -0.312 e. The number of rotatable bonds is 5. The van der Waals surface area contributed by atoms with E-state index >= 15 is 0 Å². The van der Waals surface area contributed by atoms with Gasteiger partial charge in [0.2, 0.25) is 0 Å². The van der Waals surface area contributed by atoms with Crippen LogP contribution in [0, 0.1) is 6.92 Å². The molecule has 0 bridgehead atoms. The Morgan fingerprint density at radius 3 is 2.50 bits per heavy atom. The van der Waals surface area contributed by atoms with Crippen LogP contribution >= 0.6 is 11.8 Å². The maximum Gasteiger partial charge on any atom is 0.0205 e. The van der Waals surface area contributed by atoms with Crippen molar-refractivity contribution in [2.45, 2.75) is 25.6 Å². The number of nitrogens with one attached hydrogen (secondary N) is 1. The maximum atomic E-state index is 3.45. The van der Waals surface area contributed by atoms with Crippen molar-refractivity contribution in [3.8, 4) is 0 Å². The van der Waals surface area contributed by atoms with Gasteiger partial charge >= 0.3 is 0 Å². The largest absolute Gasteiger partial charge is 0.312 e. The van der Waals surface area contributed by atoms with Crippen LogP contribution in [-0.2, 0) is 6.54 Å². The van der Waals surface area contributed by atoms with E-state index in [2.05, 4.69) is 49.7 Å². The highest BCUT2D eigenvalue weighted by molar-refractivity contribution is 7.99. The van der Waals surface area contributed by atoms with E-state index in [9.17, 15) is 0 Å². The van der Waals surface area contributed by atoms with Crippen molar-refractivity contribution in [2.24, 2.45) is 0 Å². The standard InChI is InChI=1S/C12H19NS/c1-10-4-6-12(7-5-10)9-13-8-11(2)14-3/h4-7,11,13H,8-9H2,1-3H3. The van der Waals surface area contributed by atoms with Crippen LogP contribution in [0.5, 0.6) is 0 Å². The third-order valence-corrected chi connectivity index (χ3v) is 3.26. The predicted molar refractivity (Wildman–Crippen MR) is 65.9 cm³/mol. The van der Waals surface area contributed by atoms with Gasteiger partial charge in [-0.25, -0.2) is 0 Å². The quantitative estimate of drug-likeness (QED) is 0.800. The van der Waals surface area contributed by atoms with Crippen molar-refractivity contribution >= 4 is 11.8 Å². The molecule has 0 aliphatic rings. The molecule has 1 aromatic carbocycles. The van der Waals surface area contributed by atoms with E-state index in [0.29, 0.717) is 5.25 Å². The summed E-state index contributed by atoms with van der Waals surface area (Å²) in [5, 5.41) is 4.15. The van der Waals surface area contributed by atoms with E-state index < -0.39 is 0 Å². The predicted octanol–water partition coefficient (Wildman–Crippen LogP) is 2.84. The average Bonchev–Trinajstić information content (AvgIpc) is 2.21. The minimum absolute atomic E-state index is 0.695. The fraction of sp³-hybridized carbons (Fsp3) is 0.500. The smallest absolute Gasteiger partial charge is 0.0205 e. The first kappa shape index (κ1) is 11.6. The van der Waals surface area contributed by atoms with E-state index in [0.717, 1.165) is 13.1 Å². The minimum atomic E-state index is 0.695. The van der Waals surface area contributed by atoms with Gasteiger partial charge in [0.1, 0.15) is 0 Å². The SMILES string of the molecule is CSC(C)CNCc1ccc(C)cc1. The molecule has 1 nitrogen and oxygen atoms in total. The summed E-state index contributed by atoms with van der Waals surface area (Å²) in [6.07, 6.45) is 2.15. The highest BCUT2D eigenvalue weighted by atomic mass is 32.2. The molecular weight excluding hydrogens is 190 g/mol. The molecule has 0 fully saturated rings. The summed E-state index contributed by atoms with van der Waals surface area (Å²) in [6.45, 7) is 6.42. The molecule has 0 aliphatic heterocycles. The summed E-state index contributed by atoms with van der Waals surface area (Å²) in [5.41, 5.74) is 2.69. The summed E-state index contributed by atoms with van der Waals surface area (Å²) in [6, 6.07) is 8.70. The van der Waals surface area contributed by atoms with Crippen LogP contribution in [0.2, 0.25) is 0 Å². The molecule has 1 N–H and O–H groups in total. The van der Waals surface area contributed by atoms with Gasteiger partial charge in [-0.15, -0.1) is 0 Å². The fourth-order valence-corrected chi connectivity index (χ4v) is 1.49. The highest BCUT2D eigenvalue weighted by Gasteiger charge is 1.97. The van der Waals surface area contributed by atoms with Gasteiger partial charge in [0.25, 0.3) is 0 Å². The van der Waals surface area contributed by atoms with Crippen LogP contribution in [-0.4, -0.2) is 18.1 Å². The van der Waals surface area contributed by atoms with Crippen molar-refractivity contribution in [3.63, 3.8) is 0 Å². The summed E-state index contributed by atoms with van der Waals surface area (Å²) >= 11 is 1.90. The Hall–Kier alpha value is -0.470. The zero-order valence-electron chi connectivity index (χ0n) is 9.21. The summed E-state index contributed by atoms with van der Waals surface area (Å²) in [5.74, 6) is 0. The van der Waals surface area contributed by atoms with Gasteiger partial charge in [-0.05, 0) is 18.7 Å². The van der Waals surface area contributed by atoms with Crippen molar-refractivity contribution in [1.29, 1.82) is 0 Å². The van der Waals surface area contributed by atoms with Gasteiger partial charge in [0, 0.05) is 18.3 Å². The van der Waals surface area contributed by atoms with Gasteiger partial charge in [-0.2, -0.15) is 11.8 Å². The second kappa shape index (κ2) is 6.10. The lowest BCUT2D eigenvalue weighted by atomic mass is 10.1. The Morgan fingerprint density at radius 1 is 1.29 bits per heavy atom. The van der Waals surface area contributed by atoms with Crippen LogP contribution in [0.15, 0.2) is 24.3 Å². The summed E-state index contributed by atoms with van der Waals surface area (Å²) in [4.78, 5) is 0. The molecule has 0 saturated heterocycles. The van der Waals surface area contributed by atoms with Crippen LogP contribution in [0.25, 0.3) is 0 Å². The van der Waals surface area contributed by atoms with Crippen molar-refractivity contribution in [1.82, 2.24) is 5.32 Å². The molecule has 0 saturated carbocycles. The first-order valence-electron chi connectivity index (χ1n) is 5.01. The third kappa shape index (κ3) is 4.16. The number of hydrogen-bond donors (Lipinski definition) is 1. The molecule has 1 unspecified atom stereocenters. The summed E-state index contributed by atoms with van der Waals surface area (Å²) < 4.78 is 0. The molecule has 1 atom stereocenters. The zero-order valence-corrected chi connectivity index (χ0v) is 10.0. The molecule has 1 rings (SSSR count). The van der Waals surface area contributed by atoms with E-state index in [1.54, 1.807) is 0 Å². The van der Waals surface area contributed by atoms with E-state index in [-0.39, 0.29) is 0 Å². The van der Waals surface area contributed by atoms with Crippen molar-refractivity contribution in [3.05, 3.63) is 35.4 Å². The van der Waals surface area contributed by atoms with E-state index in [1.165, 1.54) is 11.1 Å². The summed E-state index contributed by atoms with van der Waals surface area (Å²) in [7, 11) is 0. The van der Waals surface area contributed by atoms with Gasteiger partial charge in [-0.3, -0.25) is 0 Å². The second-order valence-corrected chi connectivity index (χ2v) is 4.94. The lowest BCUT2D eigenvalue weighted by molar-refractivity contribution is 0.684. The Morgan fingerprint density at radius 2 is 1.93 bits per heavy atom. The van der Waals surface area contributed by atoms with Gasteiger partial charge in [-0.1, -0.05) is 36.8 Å². The van der Waals surface area contributed by atoms with Crippen LogP contribution < -0.4 is 5.32 Å². The van der Waals surface area contributed by atoms with Crippen LogP contribution in [0.1, 0.15) is 18.1 Å². The van der Waals surface area contributed by atoms with Gasteiger partial charge < -0.3 is 5.32 Å². The number of aryl methyl sites for hydroxylation is 1. The van der Waals surface area contributed by atoms with Crippen LogP contribution in [0.3, 0.4) is 0 Å². The third-order valence-electron chi connectivity index (χ3n) is 2.28. The van der Waals surface area contributed by atoms with Crippen molar-refractivity contribution < 1.29 is 0 Å².